The van der Waals surface area contributed by atoms with Crippen LogP contribution in [0.1, 0.15) is 30.9 Å². The van der Waals surface area contributed by atoms with Crippen molar-refractivity contribution in [1.82, 2.24) is 10.2 Å². The summed E-state index contributed by atoms with van der Waals surface area (Å²) in [6.45, 7) is 5.26. The van der Waals surface area contributed by atoms with Gasteiger partial charge in [-0.15, -0.1) is 0 Å². The molecule has 2 aliphatic rings. The van der Waals surface area contributed by atoms with Gasteiger partial charge in [-0.2, -0.15) is 0 Å². The molecule has 1 atom stereocenters. The molecular weight excluding hydrogens is 240 g/mol. The zero-order chi connectivity index (χ0) is 13.1. The fourth-order valence-electron chi connectivity index (χ4n) is 2.95. The molecule has 3 rings (SSSR count). The second-order valence-electron chi connectivity index (χ2n) is 5.44. The summed E-state index contributed by atoms with van der Waals surface area (Å²) < 4.78 is 5.60. The van der Waals surface area contributed by atoms with Crippen molar-refractivity contribution in [3.05, 3.63) is 23.8 Å². The molecular formula is C15H22N2O2. The molecule has 4 nitrogen and oxygen atoms in total. The number of aromatic hydroxyl groups is 1. The summed E-state index contributed by atoms with van der Waals surface area (Å²) in [5.41, 5.74) is 1.16. The van der Waals surface area contributed by atoms with E-state index in [0.29, 0.717) is 6.61 Å². The lowest BCUT2D eigenvalue weighted by molar-refractivity contribution is 0.222. The van der Waals surface area contributed by atoms with Gasteiger partial charge in [0.15, 0.2) is 0 Å². The molecule has 19 heavy (non-hydrogen) atoms. The summed E-state index contributed by atoms with van der Waals surface area (Å²) in [6, 6.07) is 5.64. The van der Waals surface area contributed by atoms with Gasteiger partial charge in [-0.25, -0.2) is 0 Å². The third-order valence-electron chi connectivity index (χ3n) is 4.05. The van der Waals surface area contributed by atoms with Crippen LogP contribution in [0.15, 0.2) is 18.2 Å². The van der Waals surface area contributed by atoms with E-state index in [1.165, 1.54) is 32.4 Å². The summed E-state index contributed by atoms with van der Waals surface area (Å²) in [6.07, 6.45) is 4.07. The minimum absolute atomic E-state index is 0.264. The van der Waals surface area contributed by atoms with Gasteiger partial charge in [0.2, 0.25) is 0 Å². The highest BCUT2D eigenvalue weighted by atomic mass is 16.5. The highest BCUT2D eigenvalue weighted by molar-refractivity contribution is 5.44. The molecule has 2 heterocycles. The molecule has 1 unspecified atom stereocenters. The van der Waals surface area contributed by atoms with Gasteiger partial charge < -0.3 is 20.1 Å². The average Bonchev–Trinajstić information content (AvgIpc) is 2.82. The average molecular weight is 262 g/mol. The molecule has 0 amide bonds. The van der Waals surface area contributed by atoms with Gasteiger partial charge in [0.05, 0.1) is 6.04 Å². The molecule has 2 aliphatic heterocycles. The van der Waals surface area contributed by atoms with Crippen LogP contribution in [0.3, 0.4) is 0 Å². The van der Waals surface area contributed by atoms with E-state index in [9.17, 15) is 5.11 Å². The predicted molar refractivity (Wildman–Crippen MR) is 74.6 cm³/mol. The van der Waals surface area contributed by atoms with Crippen LogP contribution in [0.5, 0.6) is 11.5 Å². The van der Waals surface area contributed by atoms with Crippen molar-refractivity contribution in [2.45, 2.75) is 25.3 Å². The van der Waals surface area contributed by atoms with Crippen LogP contribution in [-0.2, 0) is 0 Å². The Bertz CT molecular complexity index is 430. The van der Waals surface area contributed by atoms with Crippen LogP contribution in [0.2, 0.25) is 0 Å². The Labute approximate surface area is 114 Å². The third-order valence-corrected chi connectivity index (χ3v) is 4.05. The first-order valence-corrected chi connectivity index (χ1v) is 7.24. The smallest absolute Gasteiger partial charge is 0.127 e. The van der Waals surface area contributed by atoms with Crippen LogP contribution in [0.4, 0.5) is 0 Å². The number of benzene rings is 1. The molecule has 1 aromatic carbocycles. The maximum absolute atomic E-state index is 9.42. The molecule has 104 valence electrons. The standard InChI is InChI=1S/C15H22N2O2/c18-12-4-5-13-14(11-19-15(13)10-12)16-6-9-17-7-2-1-3-8-17/h4-5,10,14,16,18H,1-3,6-9,11H2. The van der Waals surface area contributed by atoms with Gasteiger partial charge in [0.25, 0.3) is 0 Å². The fraction of sp³-hybridized carbons (Fsp3) is 0.600. The second-order valence-corrected chi connectivity index (χ2v) is 5.44. The number of phenolic OH excluding ortho intramolecular Hbond substituents is 1. The molecule has 1 fully saturated rings. The van der Waals surface area contributed by atoms with Crippen molar-refractivity contribution in [3.63, 3.8) is 0 Å². The van der Waals surface area contributed by atoms with Crippen LogP contribution >= 0.6 is 0 Å². The maximum atomic E-state index is 9.42. The van der Waals surface area contributed by atoms with Crippen LogP contribution in [0, 0.1) is 0 Å². The Hall–Kier alpha value is -1.26. The number of hydrogen-bond donors (Lipinski definition) is 2. The second kappa shape index (κ2) is 5.80. The molecule has 0 bridgehead atoms. The fourth-order valence-corrected chi connectivity index (χ4v) is 2.95. The highest BCUT2D eigenvalue weighted by Crippen LogP contribution is 2.34. The van der Waals surface area contributed by atoms with Gasteiger partial charge in [-0.05, 0) is 38.1 Å². The van der Waals surface area contributed by atoms with Crippen molar-refractivity contribution >= 4 is 0 Å². The van der Waals surface area contributed by atoms with E-state index in [2.05, 4.69) is 10.2 Å². The molecule has 4 heteroatoms. The van der Waals surface area contributed by atoms with Gasteiger partial charge in [0, 0.05) is 24.7 Å². The van der Waals surface area contributed by atoms with Crippen LogP contribution in [0.25, 0.3) is 0 Å². The number of likely N-dealkylation sites (tertiary alicyclic amines) is 1. The molecule has 1 saturated heterocycles. The van der Waals surface area contributed by atoms with E-state index in [4.69, 9.17) is 4.74 Å². The van der Waals surface area contributed by atoms with Crippen molar-refractivity contribution in [2.24, 2.45) is 0 Å². The molecule has 1 aromatic rings. The van der Waals surface area contributed by atoms with Crippen LogP contribution < -0.4 is 10.1 Å². The number of fused-ring (bicyclic) bond motifs is 1. The topological polar surface area (TPSA) is 44.7 Å². The van der Waals surface area contributed by atoms with E-state index in [1.54, 1.807) is 12.1 Å². The highest BCUT2D eigenvalue weighted by Gasteiger charge is 2.23. The zero-order valence-electron chi connectivity index (χ0n) is 11.3. The number of hydrogen-bond acceptors (Lipinski definition) is 4. The van der Waals surface area contributed by atoms with Crippen molar-refractivity contribution < 1.29 is 9.84 Å². The number of nitrogens with one attached hydrogen (secondary N) is 1. The molecule has 0 aliphatic carbocycles. The van der Waals surface area contributed by atoms with Gasteiger partial charge in [0.1, 0.15) is 18.1 Å². The molecule has 2 N–H and O–H groups in total. The van der Waals surface area contributed by atoms with E-state index in [0.717, 1.165) is 24.4 Å². The minimum atomic E-state index is 0.264. The third kappa shape index (κ3) is 3.01. The normalized spacial score (nSPS) is 23.1. The Balaban J connectivity index is 1.49. The zero-order valence-corrected chi connectivity index (χ0v) is 11.3. The molecule has 0 saturated carbocycles. The summed E-state index contributed by atoms with van der Waals surface area (Å²) in [5.74, 6) is 1.09. The number of ether oxygens (including phenoxy) is 1. The molecule has 0 aromatic heterocycles. The Kier molecular flexibility index (Phi) is 3.89. The van der Waals surface area contributed by atoms with E-state index < -0.39 is 0 Å². The summed E-state index contributed by atoms with van der Waals surface area (Å²) >= 11 is 0. The number of rotatable bonds is 4. The monoisotopic (exact) mass is 262 g/mol. The molecule has 0 radical (unpaired) electrons. The minimum Gasteiger partial charge on any atom is -0.508 e. The SMILES string of the molecule is Oc1ccc2c(c1)OCC2NCCN1CCCCC1. The Morgan fingerprint density at radius 2 is 2.11 bits per heavy atom. The largest absolute Gasteiger partial charge is 0.508 e. The first-order chi connectivity index (χ1) is 9.33. The number of piperidine rings is 1. The van der Waals surface area contributed by atoms with E-state index >= 15 is 0 Å². The maximum Gasteiger partial charge on any atom is 0.127 e. The first-order valence-electron chi connectivity index (χ1n) is 7.24. The lowest BCUT2D eigenvalue weighted by Crippen LogP contribution is -2.37. The van der Waals surface area contributed by atoms with Crippen LogP contribution in [-0.4, -0.2) is 42.8 Å². The molecule has 0 spiro atoms. The van der Waals surface area contributed by atoms with E-state index in [-0.39, 0.29) is 11.8 Å². The summed E-state index contributed by atoms with van der Waals surface area (Å²) in [7, 11) is 0. The quantitative estimate of drug-likeness (QED) is 0.870. The van der Waals surface area contributed by atoms with E-state index in [1.807, 2.05) is 6.07 Å². The van der Waals surface area contributed by atoms with Gasteiger partial charge in [-0.3, -0.25) is 0 Å². The number of phenols is 1. The summed E-state index contributed by atoms with van der Waals surface area (Å²) in [4.78, 5) is 2.53. The predicted octanol–water partition coefficient (Wildman–Crippen LogP) is 1.90. The van der Waals surface area contributed by atoms with Crippen molar-refractivity contribution in [1.29, 1.82) is 0 Å². The lowest BCUT2D eigenvalue weighted by atomic mass is 10.1. The Morgan fingerprint density at radius 3 is 2.95 bits per heavy atom. The number of nitrogens with zero attached hydrogens (tertiary/aromatic N) is 1. The van der Waals surface area contributed by atoms with Crippen molar-refractivity contribution in [3.8, 4) is 11.5 Å². The lowest BCUT2D eigenvalue weighted by Gasteiger charge is -2.26. The van der Waals surface area contributed by atoms with Gasteiger partial charge in [-0.1, -0.05) is 6.42 Å². The first kappa shape index (κ1) is 12.8. The van der Waals surface area contributed by atoms with Crippen molar-refractivity contribution in [2.75, 3.05) is 32.8 Å². The van der Waals surface area contributed by atoms with Gasteiger partial charge >= 0.3 is 0 Å². The summed E-state index contributed by atoms with van der Waals surface area (Å²) in [5, 5.41) is 13.0. The Morgan fingerprint density at radius 1 is 1.26 bits per heavy atom.